The maximum Gasteiger partial charge on any atom is 0.325 e. The number of hydrogen-bond donors (Lipinski definition) is 2. The van der Waals surface area contributed by atoms with E-state index in [2.05, 4.69) is 10.6 Å². The summed E-state index contributed by atoms with van der Waals surface area (Å²) in [5.74, 6) is -0.135. The average molecular weight is 301 g/mol. The van der Waals surface area contributed by atoms with Crippen LogP contribution in [-0.4, -0.2) is 36.0 Å². The molecular weight excluding hydrogens is 278 g/mol. The minimum atomic E-state index is -0.535. The molecule has 0 radical (unpaired) electrons. The predicted octanol–water partition coefficient (Wildman–Crippen LogP) is 2.12. The predicted molar refractivity (Wildman–Crippen MR) is 84.4 cm³/mol. The highest BCUT2D eigenvalue weighted by molar-refractivity contribution is 6.04. The third-order valence-corrected chi connectivity index (χ3v) is 4.55. The van der Waals surface area contributed by atoms with Gasteiger partial charge in [0.25, 0.3) is 5.91 Å². The highest BCUT2D eigenvalue weighted by Crippen LogP contribution is 2.23. The van der Waals surface area contributed by atoms with Gasteiger partial charge in [-0.2, -0.15) is 0 Å². The number of rotatable bonds is 4. The van der Waals surface area contributed by atoms with Gasteiger partial charge in [-0.3, -0.25) is 9.69 Å². The third kappa shape index (κ3) is 3.14. The molecular formula is C17H23N3O2. The van der Waals surface area contributed by atoms with Crippen LogP contribution in [0.3, 0.4) is 0 Å². The summed E-state index contributed by atoms with van der Waals surface area (Å²) in [6.07, 6.45) is 4.41. The van der Waals surface area contributed by atoms with E-state index in [0.717, 1.165) is 30.5 Å². The number of nitrogens with one attached hydrogen (secondary N) is 2. The second-order valence-electron chi connectivity index (χ2n) is 6.22. The number of imide groups is 1. The van der Waals surface area contributed by atoms with Crippen LogP contribution in [0, 0.1) is 6.92 Å². The maximum absolute atomic E-state index is 12.5. The Morgan fingerprint density at radius 3 is 2.64 bits per heavy atom. The lowest BCUT2D eigenvalue weighted by Crippen LogP contribution is -2.39. The van der Waals surface area contributed by atoms with Gasteiger partial charge in [0, 0.05) is 12.6 Å². The van der Waals surface area contributed by atoms with E-state index in [-0.39, 0.29) is 11.9 Å². The smallest absolute Gasteiger partial charge is 0.322 e. The summed E-state index contributed by atoms with van der Waals surface area (Å²) in [6.45, 7) is 3.53. The van der Waals surface area contributed by atoms with E-state index >= 15 is 0 Å². The topological polar surface area (TPSA) is 61.4 Å². The Balaban J connectivity index is 1.62. The molecule has 2 fully saturated rings. The fourth-order valence-electron chi connectivity index (χ4n) is 3.17. The summed E-state index contributed by atoms with van der Waals surface area (Å²) in [5.41, 5.74) is 1.99. The van der Waals surface area contributed by atoms with Crippen LogP contribution in [0.1, 0.15) is 42.9 Å². The standard InChI is InChI=1S/C17H23N3O2/c1-12-5-7-13(8-6-12)15-16(21)20(17(22)19-15)11-9-14-4-2-3-10-18-14/h5-8,14-15,18H,2-4,9-11H2,1H3,(H,19,22). The van der Waals surface area contributed by atoms with E-state index in [0.29, 0.717) is 12.6 Å². The maximum atomic E-state index is 12.5. The molecule has 2 heterocycles. The SMILES string of the molecule is Cc1ccc(C2NC(=O)N(CCC3CCCCN3)C2=O)cc1. The van der Waals surface area contributed by atoms with Crippen LogP contribution in [-0.2, 0) is 4.79 Å². The van der Waals surface area contributed by atoms with Gasteiger partial charge in [0.1, 0.15) is 6.04 Å². The normalized spacial score (nSPS) is 25.4. The van der Waals surface area contributed by atoms with Gasteiger partial charge in [0.15, 0.2) is 0 Å². The Labute approximate surface area is 131 Å². The number of piperidine rings is 1. The van der Waals surface area contributed by atoms with Crippen LogP contribution in [0.25, 0.3) is 0 Å². The van der Waals surface area contributed by atoms with E-state index in [1.165, 1.54) is 17.7 Å². The van der Waals surface area contributed by atoms with E-state index in [1.54, 1.807) is 0 Å². The number of carbonyl (C=O) groups excluding carboxylic acids is 2. The van der Waals surface area contributed by atoms with Crippen molar-refractivity contribution in [1.29, 1.82) is 0 Å². The molecule has 5 heteroatoms. The van der Waals surface area contributed by atoms with E-state index in [1.807, 2.05) is 31.2 Å². The minimum absolute atomic E-state index is 0.135. The zero-order chi connectivity index (χ0) is 15.5. The summed E-state index contributed by atoms with van der Waals surface area (Å²) >= 11 is 0. The molecule has 0 aromatic heterocycles. The van der Waals surface area contributed by atoms with Crippen molar-refractivity contribution in [3.05, 3.63) is 35.4 Å². The molecule has 2 atom stereocenters. The molecule has 0 spiro atoms. The fourth-order valence-corrected chi connectivity index (χ4v) is 3.17. The first-order chi connectivity index (χ1) is 10.6. The molecule has 2 saturated heterocycles. The van der Waals surface area contributed by atoms with Crippen LogP contribution in [0.2, 0.25) is 0 Å². The second-order valence-corrected chi connectivity index (χ2v) is 6.22. The van der Waals surface area contributed by atoms with Crippen LogP contribution in [0.4, 0.5) is 4.79 Å². The monoisotopic (exact) mass is 301 g/mol. The minimum Gasteiger partial charge on any atom is -0.322 e. The Kier molecular flexibility index (Phi) is 4.43. The molecule has 1 aromatic rings. The van der Waals surface area contributed by atoms with Crippen molar-refractivity contribution in [2.45, 2.75) is 44.7 Å². The molecule has 3 amide bonds. The van der Waals surface area contributed by atoms with Crippen molar-refractivity contribution in [3.63, 3.8) is 0 Å². The molecule has 0 saturated carbocycles. The fraction of sp³-hybridized carbons (Fsp3) is 0.529. The summed E-state index contributed by atoms with van der Waals surface area (Å²) in [5, 5.41) is 6.25. The van der Waals surface area contributed by atoms with Gasteiger partial charge in [-0.1, -0.05) is 36.2 Å². The summed E-state index contributed by atoms with van der Waals surface area (Å²) in [6, 6.07) is 7.35. The van der Waals surface area contributed by atoms with Crippen LogP contribution in [0.15, 0.2) is 24.3 Å². The average Bonchev–Trinajstić information content (AvgIpc) is 2.82. The van der Waals surface area contributed by atoms with Crippen molar-refractivity contribution in [2.75, 3.05) is 13.1 Å². The first-order valence-electron chi connectivity index (χ1n) is 8.07. The number of nitrogens with zero attached hydrogens (tertiary/aromatic N) is 1. The summed E-state index contributed by atoms with van der Waals surface area (Å²) in [7, 11) is 0. The number of carbonyl (C=O) groups is 2. The van der Waals surface area contributed by atoms with Crippen LogP contribution < -0.4 is 10.6 Å². The van der Waals surface area contributed by atoms with Crippen molar-refractivity contribution < 1.29 is 9.59 Å². The number of amides is 3. The van der Waals surface area contributed by atoms with E-state index < -0.39 is 6.04 Å². The molecule has 2 aliphatic heterocycles. The van der Waals surface area contributed by atoms with Gasteiger partial charge >= 0.3 is 6.03 Å². The first-order valence-corrected chi connectivity index (χ1v) is 8.07. The highest BCUT2D eigenvalue weighted by atomic mass is 16.2. The number of hydrogen-bond acceptors (Lipinski definition) is 3. The molecule has 3 rings (SSSR count). The Morgan fingerprint density at radius 2 is 1.95 bits per heavy atom. The number of benzene rings is 1. The molecule has 2 aliphatic rings. The zero-order valence-corrected chi connectivity index (χ0v) is 13.0. The Morgan fingerprint density at radius 1 is 1.18 bits per heavy atom. The van der Waals surface area contributed by atoms with Crippen LogP contribution >= 0.6 is 0 Å². The summed E-state index contributed by atoms with van der Waals surface area (Å²) in [4.78, 5) is 25.9. The van der Waals surface area contributed by atoms with Gasteiger partial charge in [-0.25, -0.2) is 4.79 Å². The quantitative estimate of drug-likeness (QED) is 0.837. The molecule has 0 bridgehead atoms. The van der Waals surface area contributed by atoms with Crippen molar-refractivity contribution >= 4 is 11.9 Å². The third-order valence-electron chi connectivity index (χ3n) is 4.55. The largest absolute Gasteiger partial charge is 0.325 e. The summed E-state index contributed by atoms with van der Waals surface area (Å²) < 4.78 is 0. The first kappa shape index (κ1) is 15.0. The zero-order valence-electron chi connectivity index (χ0n) is 13.0. The van der Waals surface area contributed by atoms with Crippen molar-refractivity contribution in [3.8, 4) is 0 Å². The molecule has 5 nitrogen and oxygen atoms in total. The lowest BCUT2D eigenvalue weighted by atomic mass is 10.0. The Bertz CT molecular complexity index is 550. The molecule has 1 aromatic carbocycles. The van der Waals surface area contributed by atoms with Gasteiger partial charge in [0.05, 0.1) is 0 Å². The van der Waals surface area contributed by atoms with Crippen molar-refractivity contribution in [2.24, 2.45) is 0 Å². The van der Waals surface area contributed by atoms with E-state index in [4.69, 9.17) is 0 Å². The molecule has 2 unspecified atom stereocenters. The molecule has 0 aliphatic carbocycles. The van der Waals surface area contributed by atoms with Crippen LogP contribution in [0.5, 0.6) is 0 Å². The lowest BCUT2D eigenvalue weighted by molar-refractivity contribution is -0.127. The second kappa shape index (κ2) is 6.48. The van der Waals surface area contributed by atoms with Crippen molar-refractivity contribution in [1.82, 2.24) is 15.5 Å². The van der Waals surface area contributed by atoms with Gasteiger partial charge in [0.2, 0.25) is 0 Å². The molecule has 118 valence electrons. The molecule has 22 heavy (non-hydrogen) atoms. The Hall–Kier alpha value is -1.88. The van der Waals surface area contributed by atoms with E-state index in [9.17, 15) is 9.59 Å². The lowest BCUT2D eigenvalue weighted by Gasteiger charge is -2.24. The van der Waals surface area contributed by atoms with Gasteiger partial charge in [-0.15, -0.1) is 0 Å². The number of aryl methyl sites for hydroxylation is 1. The van der Waals surface area contributed by atoms with Gasteiger partial charge < -0.3 is 10.6 Å². The highest BCUT2D eigenvalue weighted by Gasteiger charge is 2.38. The van der Waals surface area contributed by atoms with Gasteiger partial charge in [-0.05, 0) is 38.3 Å². The molecule has 2 N–H and O–H groups in total. The number of urea groups is 1.